The predicted octanol–water partition coefficient (Wildman–Crippen LogP) is 6.51. The van der Waals surface area contributed by atoms with Crippen LogP contribution in [0.2, 0.25) is 0 Å². The van der Waals surface area contributed by atoms with Crippen LogP contribution in [0.15, 0.2) is 83.3 Å². The number of furan rings is 1. The van der Waals surface area contributed by atoms with Gasteiger partial charge < -0.3 is 14.7 Å². The van der Waals surface area contributed by atoms with E-state index in [0.717, 1.165) is 28.4 Å². The average Bonchev–Trinajstić information content (AvgIpc) is 3.56. The maximum Gasteiger partial charge on any atom is 0.255 e. The molecule has 10 heteroatoms. The van der Waals surface area contributed by atoms with E-state index in [4.69, 9.17) is 9.40 Å². The van der Waals surface area contributed by atoms with E-state index in [-0.39, 0.29) is 11.3 Å². The number of hydrogen-bond donors (Lipinski definition) is 2. The molecule has 0 aliphatic heterocycles. The van der Waals surface area contributed by atoms with Crippen LogP contribution >= 0.6 is 0 Å². The lowest BCUT2D eigenvalue weighted by Crippen LogP contribution is -2.25. The number of carbonyl (C=O) groups excluding carboxylic acids is 1. The summed E-state index contributed by atoms with van der Waals surface area (Å²) in [5.41, 5.74) is 6.39. The van der Waals surface area contributed by atoms with E-state index in [2.05, 4.69) is 10.3 Å². The zero-order chi connectivity index (χ0) is 29.8. The number of rotatable bonds is 6. The van der Waals surface area contributed by atoms with Gasteiger partial charge in [0.05, 0.1) is 28.5 Å². The monoisotopic (exact) mass is 582 g/mol. The third-order valence-electron chi connectivity index (χ3n) is 7.29. The number of imidazole rings is 1. The summed E-state index contributed by atoms with van der Waals surface area (Å²) < 4.78 is 46.5. The van der Waals surface area contributed by atoms with Crippen LogP contribution in [-0.2, 0) is 10.0 Å². The van der Waals surface area contributed by atoms with Crippen molar-refractivity contribution < 1.29 is 22.0 Å². The number of H-pyrrole nitrogens is 1. The van der Waals surface area contributed by atoms with Gasteiger partial charge in [-0.2, -0.15) is 0 Å². The summed E-state index contributed by atoms with van der Waals surface area (Å²) in [6.07, 6.45) is 1.12. The van der Waals surface area contributed by atoms with Crippen molar-refractivity contribution in [2.45, 2.75) is 6.92 Å². The number of benzene rings is 4. The molecule has 0 atom stereocenters. The highest BCUT2D eigenvalue weighted by Gasteiger charge is 2.26. The smallest absolute Gasteiger partial charge is 0.255 e. The normalized spacial score (nSPS) is 11.7. The molecular formula is C32H27FN4O4S. The SMILES string of the molecule is CNC(=O)c1c(-c2ccc(F)cc2)oc2cc(N(C)S(C)(=O)=O)c(-c3cccc(-c4nc5ccc(C)cc5[nH]4)c3)cc12. The van der Waals surface area contributed by atoms with Crippen molar-refractivity contribution in [3.05, 3.63) is 95.8 Å². The number of halogens is 1. The molecule has 2 heterocycles. The molecule has 0 aliphatic carbocycles. The van der Waals surface area contributed by atoms with Crippen LogP contribution in [0.1, 0.15) is 15.9 Å². The molecule has 2 aromatic heterocycles. The number of nitrogens with zero attached hydrogens (tertiary/aromatic N) is 2. The number of aryl methyl sites for hydroxylation is 1. The fourth-order valence-electron chi connectivity index (χ4n) is 5.05. The topological polar surface area (TPSA) is 108 Å². The minimum absolute atomic E-state index is 0.251. The summed E-state index contributed by atoms with van der Waals surface area (Å²) in [5, 5.41) is 3.14. The molecular weight excluding hydrogens is 555 g/mol. The second-order valence-electron chi connectivity index (χ2n) is 10.2. The number of anilines is 1. The Labute approximate surface area is 241 Å². The second kappa shape index (κ2) is 10.1. The van der Waals surface area contributed by atoms with E-state index in [9.17, 15) is 17.6 Å². The van der Waals surface area contributed by atoms with E-state index in [0.29, 0.717) is 39.2 Å². The van der Waals surface area contributed by atoms with Crippen molar-refractivity contribution >= 4 is 43.6 Å². The molecule has 8 nitrogen and oxygen atoms in total. The van der Waals surface area contributed by atoms with Gasteiger partial charge in [0.15, 0.2) is 0 Å². The molecule has 42 heavy (non-hydrogen) atoms. The molecule has 0 spiro atoms. The van der Waals surface area contributed by atoms with E-state index in [1.165, 1.54) is 42.7 Å². The molecule has 0 saturated carbocycles. The Morgan fingerprint density at radius 1 is 0.976 bits per heavy atom. The van der Waals surface area contributed by atoms with Gasteiger partial charge >= 0.3 is 0 Å². The lowest BCUT2D eigenvalue weighted by Gasteiger charge is -2.21. The first-order valence-electron chi connectivity index (χ1n) is 13.1. The number of carbonyl (C=O) groups is 1. The largest absolute Gasteiger partial charge is 0.455 e. The predicted molar refractivity (Wildman–Crippen MR) is 164 cm³/mol. The third-order valence-corrected chi connectivity index (χ3v) is 8.48. The Kier molecular flexibility index (Phi) is 6.58. The van der Waals surface area contributed by atoms with Crippen molar-refractivity contribution in [3.63, 3.8) is 0 Å². The van der Waals surface area contributed by atoms with E-state index in [1.807, 2.05) is 49.4 Å². The van der Waals surface area contributed by atoms with Gasteiger partial charge in [0.2, 0.25) is 10.0 Å². The summed E-state index contributed by atoms with van der Waals surface area (Å²) in [6, 6.07) is 22.6. The Morgan fingerprint density at radius 2 is 1.71 bits per heavy atom. The highest BCUT2D eigenvalue weighted by molar-refractivity contribution is 7.92. The number of aromatic amines is 1. The first-order chi connectivity index (χ1) is 20.0. The third kappa shape index (κ3) is 4.79. The van der Waals surface area contributed by atoms with Crippen LogP contribution in [0.3, 0.4) is 0 Å². The first-order valence-corrected chi connectivity index (χ1v) is 15.0. The fraction of sp³-hybridized carbons (Fsp3) is 0.125. The van der Waals surface area contributed by atoms with Gasteiger partial charge in [0.1, 0.15) is 23.0 Å². The Bertz CT molecular complexity index is 2110. The number of nitrogens with one attached hydrogen (secondary N) is 2. The van der Waals surface area contributed by atoms with Gasteiger partial charge in [-0.05, 0) is 66.6 Å². The summed E-state index contributed by atoms with van der Waals surface area (Å²) in [6.45, 7) is 2.01. The Balaban J connectivity index is 1.60. The van der Waals surface area contributed by atoms with Crippen molar-refractivity contribution in [1.82, 2.24) is 15.3 Å². The van der Waals surface area contributed by atoms with Crippen LogP contribution < -0.4 is 9.62 Å². The lowest BCUT2D eigenvalue weighted by molar-refractivity contribution is 0.0964. The molecule has 1 amide bonds. The zero-order valence-corrected chi connectivity index (χ0v) is 24.1. The van der Waals surface area contributed by atoms with Crippen LogP contribution in [0.25, 0.3) is 55.8 Å². The van der Waals surface area contributed by atoms with Crippen molar-refractivity contribution in [2.24, 2.45) is 0 Å². The molecule has 0 aliphatic rings. The molecule has 0 unspecified atom stereocenters. The van der Waals surface area contributed by atoms with Crippen LogP contribution in [0, 0.1) is 12.7 Å². The zero-order valence-electron chi connectivity index (χ0n) is 23.3. The molecule has 212 valence electrons. The minimum Gasteiger partial charge on any atom is -0.455 e. The van der Waals surface area contributed by atoms with Gasteiger partial charge in [-0.1, -0.05) is 24.3 Å². The summed E-state index contributed by atoms with van der Waals surface area (Å²) in [7, 11) is -0.686. The average molecular weight is 583 g/mol. The van der Waals surface area contributed by atoms with Gasteiger partial charge in [0, 0.05) is 42.2 Å². The summed E-state index contributed by atoms with van der Waals surface area (Å²) >= 11 is 0. The van der Waals surface area contributed by atoms with Crippen LogP contribution in [-0.4, -0.2) is 44.6 Å². The molecule has 0 saturated heterocycles. The molecule has 0 bridgehead atoms. The maximum absolute atomic E-state index is 13.7. The summed E-state index contributed by atoms with van der Waals surface area (Å²) in [5.74, 6) is 0.106. The molecule has 0 fully saturated rings. The first kappa shape index (κ1) is 27.2. The van der Waals surface area contributed by atoms with Crippen molar-refractivity contribution in [1.29, 1.82) is 0 Å². The molecule has 4 aromatic carbocycles. The standard InChI is InChI=1S/C32H27FN4O4S/c1-18-8-13-25-26(14-18)36-31(35-25)21-7-5-6-20(15-21)23-16-24-28(17-27(23)37(3)42(4,39)40)41-30(29(24)32(38)34-2)19-9-11-22(33)12-10-19/h5-17H,1-4H3,(H,34,38)(H,35,36). The highest BCUT2D eigenvalue weighted by Crippen LogP contribution is 2.42. The number of fused-ring (bicyclic) bond motifs is 2. The summed E-state index contributed by atoms with van der Waals surface area (Å²) in [4.78, 5) is 21.3. The molecule has 6 rings (SSSR count). The van der Waals surface area contributed by atoms with E-state index in [1.54, 1.807) is 12.1 Å². The fourth-order valence-corrected chi connectivity index (χ4v) is 5.56. The van der Waals surface area contributed by atoms with Gasteiger partial charge in [0.25, 0.3) is 5.91 Å². The van der Waals surface area contributed by atoms with Gasteiger partial charge in [-0.3, -0.25) is 9.10 Å². The molecule has 0 radical (unpaired) electrons. The second-order valence-corrected chi connectivity index (χ2v) is 12.2. The highest BCUT2D eigenvalue weighted by atomic mass is 32.2. The quantitative estimate of drug-likeness (QED) is 0.233. The van der Waals surface area contributed by atoms with Gasteiger partial charge in [-0.25, -0.2) is 17.8 Å². The lowest BCUT2D eigenvalue weighted by atomic mass is 9.97. The van der Waals surface area contributed by atoms with Crippen molar-refractivity contribution in [2.75, 3.05) is 24.7 Å². The number of hydrogen-bond acceptors (Lipinski definition) is 5. The van der Waals surface area contributed by atoms with Crippen LogP contribution in [0.4, 0.5) is 10.1 Å². The minimum atomic E-state index is -3.67. The van der Waals surface area contributed by atoms with E-state index >= 15 is 0 Å². The van der Waals surface area contributed by atoms with Gasteiger partial charge in [-0.15, -0.1) is 0 Å². The molecule has 2 N–H and O–H groups in total. The number of amides is 1. The number of sulfonamides is 1. The number of aromatic nitrogens is 2. The Morgan fingerprint density at radius 3 is 2.43 bits per heavy atom. The van der Waals surface area contributed by atoms with Crippen molar-refractivity contribution in [3.8, 4) is 33.8 Å². The maximum atomic E-state index is 13.7. The van der Waals surface area contributed by atoms with E-state index < -0.39 is 21.7 Å². The van der Waals surface area contributed by atoms with Crippen LogP contribution in [0.5, 0.6) is 0 Å². The Hall–Kier alpha value is -4.96. The molecule has 6 aromatic rings.